The highest BCUT2D eigenvalue weighted by Crippen LogP contribution is 2.35. The summed E-state index contributed by atoms with van der Waals surface area (Å²) < 4.78 is 29.5. The van der Waals surface area contributed by atoms with E-state index in [0.29, 0.717) is 47.5 Å². The number of piperidine rings is 1. The molecule has 1 saturated heterocycles. The molecular formula is C16H21N5O3S3. The van der Waals surface area contributed by atoms with Crippen LogP contribution < -0.4 is 5.32 Å². The van der Waals surface area contributed by atoms with Crippen molar-refractivity contribution in [3.8, 4) is 0 Å². The molecule has 0 bridgehead atoms. The van der Waals surface area contributed by atoms with E-state index in [1.165, 1.54) is 15.6 Å². The number of nitrogens with one attached hydrogen (secondary N) is 2. The molecule has 146 valence electrons. The van der Waals surface area contributed by atoms with E-state index in [4.69, 9.17) is 12.2 Å². The largest absolute Gasteiger partial charge is 0.349 e. The van der Waals surface area contributed by atoms with Crippen LogP contribution in [0.1, 0.15) is 37.5 Å². The van der Waals surface area contributed by atoms with Gasteiger partial charge >= 0.3 is 0 Å². The number of amides is 1. The molecule has 2 aromatic heterocycles. The van der Waals surface area contributed by atoms with Gasteiger partial charge in [0.2, 0.25) is 5.91 Å². The zero-order valence-corrected chi connectivity index (χ0v) is 17.1. The van der Waals surface area contributed by atoms with E-state index in [2.05, 4.69) is 15.5 Å². The first-order valence-corrected chi connectivity index (χ1v) is 11.7. The number of hydrogen-bond donors (Lipinski definition) is 2. The lowest BCUT2D eigenvalue weighted by molar-refractivity contribution is -0.126. The van der Waals surface area contributed by atoms with Gasteiger partial charge < -0.3 is 5.32 Å². The van der Waals surface area contributed by atoms with Gasteiger partial charge in [0.05, 0.1) is 6.54 Å². The van der Waals surface area contributed by atoms with Crippen molar-refractivity contribution in [2.75, 3.05) is 13.1 Å². The standard InChI is InChI=1S/C16H21N5O3S3/c22-15(17-10-13-18-19-16(25)21(13)12-3-4-12)11-5-7-20(8-6-11)27(23,24)14-2-1-9-26-14/h1-2,9,11-12H,3-8,10H2,(H,17,22)(H,19,25). The highest BCUT2D eigenvalue weighted by molar-refractivity contribution is 7.91. The number of carbonyl (C=O) groups excluding carboxylic acids is 1. The minimum Gasteiger partial charge on any atom is -0.349 e. The zero-order chi connectivity index (χ0) is 19.0. The summed E-state index contributed by atoms with van der Waals surface area (Å²) in [6.45, 7) is 1.05. The van der Waals surface area contributed by atoms with E-state index >= 15 is 0 Å². The Bertz CT molecular complexity index is 967. The Morgan fingerprint density at radius 1 is 1.33 bits per heavy atom. The van der Waals surface area contributed by atoms with Gasteiger partial charge in [0.1, 0.15) is 4.21 Å². The van der Waals surface area contributed by atoms with Gasteiger partial charge in [0.15, 0.2) is 10.6 Å². The first-order valence-electron chi connectivity index (χ1n) is 8.94. The lowest BCUT2D eigenvalue weighted by Crippen LogP contribution is -2.42. The monoisotopic (exact) mass is 427 g/mol. The molecule has 0 aromatic carbocycles. The Morgan fingerprint density at radius 3 is 2.70 bits per heavy atom. The van der Waals surface area contributed by atoms with Crippen molar-refractivity contribution in [3.63, 3.8) is 0 Å². The van der Waals surface area contributed by atoms with Crippen molar-refractivity contribution in [1.82, 2.24) is 24.4 Å². The van der Waals surface area contributed by atoms with Crippen molar-refractivity contribution < 1.29 is 13.2 Å². The van der Waals surface area contributed by atoms with E-state index in [1.807, 2.05) is 4.57 Å². The third-order valence-corrected chi connectivity index (χ3v) is 8.58. The second-order valence-electron chi connectivity index (χ2n) is 6.87. The van der Waals surface area contributed by atoms with Crippen LogP contribution in [0.2, 0.25) is 0 Å². The van der Waals surface area contributed by atoms with E-state index in [9.17, 15) is 13.2 Å². The summed E-state index contributed by atoms with van der Waals surface area (Å²) in [5.41, 5.74) is 0. The molecule has 0 radical (unpaired) electrons. The van der Waals surface area contributed by atoms with Crippen LogP contribution in [0.25, 0.3) is 0 Å². The fourth-order valence-electron chi connectivity index (χ4n) is 3.38. The molecule has 2 aromatic rings. The summed E-state index contributed by atoms with van der Waals surface area (Å²) in [5.74, 6) is 0.504. The van der Waals surface area contributed by atoms with Crippen LogP contribution >= 0.6 is 23.6 Å². The highest BCUT2D eigenvalue weighted by atomic mass is 32.2. The number of hydrogen-bond acceptors (Lipinski definition) is 6. The van der Waals surface area contributed by atoms with Crippen molar-refractivity contribution in [3.05, 3.63) is 28.1 Å². The molecule has 1 amide bonds. The van der Waals surface area contributed by atoms with E-state index < -0.39 is 10.0 Å². The molecule has 11 heteroatoms. The Labute approximate surface area is 166 Å². The molecule has 0 unspecified atom stereocenters. The number of carbonyl (C=O) groups is 1. The molecule has 2 aliphatic rings. The minimum absolute atomic E-state index is 0.0561. The molecule has 2 fully saturated rings. The second kappa shape index (κ2) is 7.46. The molecular weight excluding hydrogens is 406 g/mol. The van der Waals surface area contributed by atoms with E-state index in [-0.39, 0.29) is 11.8 Å². The maximum Gasteiger partial charge on any atom is 0.252 e. The third kappa shape index (κ3) is 3.86. The fraction of sp³-hybridized carbons (Fsp3) is 0.562. The summed E-state index contributed by atoms with van der Waals surface area (Å²) in [5, 5.41) is 11.7. The molecule has 1 aliphatic carbocycles. The molecule has 27 heavy (non-hydrogen) atoms. The fourth-order valence-corrected chi connectivity index (χ4v) is 6.29. The summed E-state index contributed by atoms with van der Waals surface area (Å²) in [6.07, 6.45) is 3.22. The second-order valence-corrected chi connectivity index (χ2v) is 10.4. The Hall–Kier alpha value is -1.56. The molecule has 3 heterocycles. The van der Waals surface area contributed by atoms with Crippen LogP contribution in [0.5, 0.6) is 0 Å². The average Bonchev–Trinajstić information content (AvgIpc) is 3.19. The number of aromatic amines is 1. The Balaban J connectivity index is 1.32. The summed E-state index contributed by atoms with van der Waals surface area (Å²) >= 11 is 6.46. The molecule has 2 N–H and O–H groups in total. The molecule has 8 nitrogen and oxygen atoms in total. The van der Waals surface area contributed by atoms with Crippen LogP contribution in [0, 0.1) is 10.7 Å². The quantitative estimate of drug-likeness (QED) is 0.688. The van der Waals surface area contributed by atoms with Gasteiger partial charge in [-0.05, 0) is 49.3 Å². The lowest BCUT2D eigenvalue weighted by atomic mass is 9.97. The number of nitrogens with zero attached hydrogens (tertiary/aromatic N) is 3. The van der Waals surface area contributed by atoms with Gasteiger partial charge in [-0.15, -0.1) is 11.3 Å². The van der Waals surface area contributed by atoms with Crippen LogP contribution in [-0.4, -0.2) is 46.5 Å². The molecule has 1 saturated carbocycles. The van der Waals surface area contributed by atoms with Crippen molar-refractivity contribution in [1.29, 1.82) is 0 Å². The van der Waals surface area contributed by atoms with Gasteiger partial charge in [-0.3, -0.25) is 14.5 Å². The number of thiophene rings is 1. The highest BCUT2D eigenvalue weighted by Gasteiger charge is 2.33. The number of rotatable bonds is 6. The van der Waals surface area contributed by atoms with Gasteiger partial charge in [-0.2, -0.15) is 9.40 Å². The smallest absolute Gasteiger partial charge is 0.252 e. The van der Waals surface area contributed by atoms with Gasteiger partial charge in [0, 0.05) is 25.0 Å². The van der Waals surface area contributed by atoms with Crippen LogP contribution in [-0.2, 0) is 21.4 Å². The summed E-state index contributed by atoms with van der Waals surface area (Å²) in [7, 11) is -3.44. The zero-order valence-electron chi connectivity index (χ0n) is 14.6. The van der Waals surface area contributed by atoms with E-state index in [1.54, 1.807) is 17.5 Å². The molecule has 0 atom stereocenters. The predicted molar refractivity (Wildman–Crippen MR) is 103 cm³/mol. The van der Waals surface area contributed by atoms with Crippen LogP contribution in [0.15, 0.2) is 21.7 Å². The minimum atomic E-state index is -3.44. The maximum absolute atomic E-state index is 12.6. The first-order chi connectivity index (χ1) is 13.0. The molecule has 0 spiro atoms. The van der Waals surface area contributed by atoms with Crippen molar-refractivity contribution in [2.45, 2.75) is 42.5 Å². The van der Waals surface area contributed by atoms with Crippen LogP contribution in [0.4, 0.5) is 0 Å². The molecule has 4 rings (SSSR count). The summed E-state index contributed by atoms with van der Waals surface area (Å²) in [4.78, 5) is 12.5. The van der Waals surface area contributed by atoms with Gasteiger partial charge in [-0.25, -0.2) is 8.42 Å². The maximum atomic E-state index is 12.6. The number of H-pyrrole nitrogens is 1. The topological polar surface area (TPSA) is 100 Å². The number of sulfonamides is 1. The first kappa shape index (κ1) is 18.8. The van der Waals surface area contributed by atoms with Crippen molar-refractivity contribution in [2.24, 2.45) is 5.92 Å². The summed E-state index contributed by atoms with van der Waals surface area (Å²) in [6, 6.07) is 3.74. The van der Waals surface area contributed by atoms with Crippen LogP contribution in [0.3, 0.4) is 0 Å². The lowest BCUT2D eigenvalue weighted by Gasteiger charge is -2.30. The van der Waals surface area contributed by atoms with Crippen molar-refractivity contribution >= 4 is 39.5 Å². The average molecular weight is 428 g/mol. The Kier molecular flexibility index (Phi) is 5.19. The SMILES string of the molecule is O=C(NCc1n[nH]c(=S)n1C1CC1)C1CCN(S(=O)(=O)c2cccs2)CC1. The molecule has 1 aliphatic heterocycles. The Morgan fingerprint density at radius 2 is 2.07 bits per heavy atom. The predicted octanol–water partition coefficient (Wildman–Crippen LogP) is 2.05. The van der Waals surface area contributed by atoms with Gasteiger partial charge in [-0.1, -0.05) is 6.07 Å². The van der Waals surface area contributed by atoms with Gasteiger partial charge in [0.25, 0.3) is 10.0 Å². The van der Waals surface area contributed by atoms with E-state index in [0.717, 1.165) is 18.7 Å². The third-order valence-electron chi connectivity index (χ3n) is 5.02. The normalized spacial score (nSPS) is 19.3. The number of aromatic nitrogens is 3.